The van der Waals surface area contributed by atoms with Crippen LogP contribution in [0, 0.1) is 15.5 Å². The molecular weight excluding hydrogens is 526 g/mol. The van der Waals surface area contributed by atoms with Gasteiger partial charge in [0.05, 0.1) is 12.0 Å². The van der Waals surface area contributed by atoms with E-state index in [1.54, 1.807) is 54.6 Å². The molecule has 4 aromatic carbocycles. The highest BCUT2D eigenvalue weighted by Crippen LogP contribution is 2.32. The Balaban J connectivity index is 1.55. The fourth-order valence-electron chi connectivity index (χ4n) is 4.01. The molecule has 0 saturated heterocycles. The summed E-state index contributed by atoms with van der Waals surface area (Å²) in [5, 5.41) is 33.8. The second-order valence-electron chi connectivity index (χ2n) is 8.97. The third kappa shape index (κ3) is 7.58. The predicted molar refractivity (Wildman–Crippen MR) is 153 cm³/mol. The molecule has 0 aromatic heterocycles. The van der Waals surface area contributed by atoms with Crippen LogP contribution >= 0.6 is 0 Å². The molecule has 210 valence electrons. The lowest BCUT2D eigenvalue weighted by Gasteiger charge is -2.22. The molecule has 0 saturated carbocycles. The Labute approximate surface area is 236 Å². The quantitative estimate of drug-likeness (QED) is 0.0710. The molecule has 0 spiro atoms. The number of rotatable bonds is 12. The van der Waals surface area contributed by atoms with Gasteiger partial charge in [0, 0.05) is 29.9 Å². The van der Waals surface area contributed by atoms with Gasteiger partial charge in [-0.2, -0.15) is 0 Å². The monoisotopic (exact) mass is 555 g/mol. The van der Waals surface area contributed by atoms with E-state index < -0.39 is 11.0 Å². The van der Waals surface area contributed by atoms with Crippen molar-refractivity contribution in [2.45, 2.75) is 19.2 Å². The van der Waals surface area contributed by atoms with Crippen LogP contribution in [0.4, 0.5) is 11.4 Å². The van der Waals surface area contributed by atoms with Crippen molar-refractivity contribution in [3.8, 4) is 11.5 Å². The van der Waals surface area contributed by atoms with E-state index in [9.17, 15) is 14.9 Å². The molecule has 41 heavy (non-hydrogen) atoms. The third-order valence-electron chi connectivity index (χ3n) is 6.23. The van der Waals surface area contributed by atoms with Crippen LogP contribution in [-0.2, 0) is 17.9 Å². The average molecular weight is 556 g/mol. The minimum atomic E-state index is -0.808. The molecule has 0 aliphatic heterocycles. The number of ether oxygens (including phenoxy) is 2. The summed E-state index contributed by atoms with van der Waals surface area (Å²) < 4.78 is 11.5. The van der Waals surface area contributed by atoms with Crippen LogP contribution < -0.4 is 25.6 Å². The van der Waals surface area contributed by atoms with Crippen LogP contribution in [0.1, 0.15) is 28.3 Å². The van der Waals surface area contributed by atoms with Gasteiger partial charge in [0.1, 0.15) is 18.5 Å². The first-order valence-corrected chi connectivity index (χ1v) is 12.6. The molecule has 1 atom stereocenters. The summed E-state index contributed by atoms with van der Waals surface area (Å²) in [4.78, 5) is 23.9. The van der Waals surface area contributed by atoms with E-state index >= 15 is 0 Å². The van der Waals surface area contributed by atoms with E-state index in [0.717, 1.165) is 11.1 Å². The van der Waals surface area contributed by atoms with E-state index in [1.165, 1.54) is 19.2 Å². The molecule has 0 heterocycles. The maximum absolute atomic E-state index is 13.4. The van der Waals surface area contributed by atoms with Crippen molar-refractivity contribution in [1.29, 1.82) is 5.41 Å². The number of anilines is 1. The molecule has 0 unspecified atom stereocenters. The number of hydrogen-bond acceptors (Lipinski definition) is 8. The molecule has 0 bridgehead atoms. The summed E-state index contributed by atoms with van der Waals surface area (Å²) in [5.41, 5.74) is 5.21. The Hall–Kier alpha value is -5.42. The third-order valence-corrected chi connectivity index (χ3v) is 6.23. The van der Waals surface area contributed by atoms with E-state index in [-0.39, 0.29) is 24.0 Å². The van der Waals surface area contributed by atoms with Crippen molar-refractivity contribution in [2.24, 2.45) is 0 Å². The topological polar surface area (TPSA) is 159 Å². The van der Waals surface area contributed by atoms with Crippen LogP contribution in [-0.4, -0.2) is 29.0 Å². The Morgan fingerprint density at radius 3 is 2.29 bits per heavy atom. The number of non-ortho nitro benzene ring substituents is 1. The fraction of sp³-hybridized carbons (Fsp3) is 0.133. The number of benzene rings is 4. The summed E-state index contributed by atoms with van der Waals surface area (Å²) in [6.45, 7) is 0.501. The molecule has 0 aliphatic rings. The highest BCUT2D eigenvalue weighted by Gasteiger charge is 2.22. The highest BCUT2D eigenvalue weighted by molar-refractivity contribution is 5.95. The maximum atomic E-state index is 13.4. The van der Waals surface area contributed by atoms with Gasteiger partial charge in [0.15, 0.2) is 11.5 Å². The number of amides is 1. The van der Waals surface area contributed by atoms with Gasteiger partial charge in [0.25, 0.3) is 5.69 Å². The summed E-state index contributed by atoms with van der Waals surface area (Å²) >= 11 is 0. The van der Waals surface area contributed by atoms with Crippen molar-refractivity contribution in [3.05, 3.63) is 129 Å². The lowest BCUT2D eigenvalue weighted by Crippen LogP contribution is -2.33. The number of hydroxylamine groups is 1. The number of nitrogens with one attached hydrogen (secondary N) is 4. The number of hydrogen-bond donors (Lipinski definition) is 5. The minimum absolute atomic E-state index is 0.00210. The van der Waals surface area contributed by atoms with Crippen LogP contribution in [0.15, 0.2) is 97.1 Å². The minimum Gasteiger partial charge on any atom is -0.493 e. The van der Waals surface area contributed by atoms with Gasteiger partial charge in [0.2, 0.25) is 5.91 Å². The molecule has 0 fully saturated rings. The largest absolute Gasteiger partial charge is 0.493 e. The average Bonchev–Trinajstić information content (AvgIpc) is 3.02. The first-order chi connectivity index (χ1) is 19.9. The molecule has 4 aromatic rings. The zero-order chi connectivity index (χ0) is 29.2. The van der Waals surface area contributed by atoms with E-state index in [2.05, 4.69) is 10.6 Å². The molecule has 1 amide bonds. The number of nitrogens with zero attached hydrogens (tertiary/aromatic N) is 1. The van der Waals surface area contributed by atoms with E-state index in [0.29, 0.717) is 34.9 Å². The van der Waals surface area contributed by atoms with E-state index in [4.69, 9.17) is 20.1 Å². The molecule has 11 nitrogen and oxygen atoms in total. The van der Waals surface area contributed by atoms with Crippen molar-refractivity contribution >= 4 is 23.1 Å². The van der Waals surface area contributed by atoms with Gasteiger partial charge in [-0.15, -0.1) is 0 Å². The van der Waals surface area contributed by atoms with Gasteiger partial charge in [-0.3, -0.25) is 31.0 Å². The molecule has 4 rings (SSSR count). The SMILES string of the molecule is COc1cc([C@H](Nc2ccc(C(=N)NO)cc2)C(=O)NCc2ccccc2)ccc1OCc1ccc([N+](=O)[O-])cc1. The summed E-state index contributed by atoms with van der Waals surface area (Å²) in [6.07, 6.45) is 0. The Morgan fingerprint density at radius 1 is 0.951 bits per heavy atom. The summed E-state index contributed by atoms with van der Waals surface area (Å²) in [6, 6.07) is 26.7. The van der Waals surface area contributed by atoms with Gasteiger partial charge in [-0.25, -0.2) is 0 Å². The predicted octanol–water partition coefficient (Wildman–Crippen LogP) is 4.96. The smallest absolute Gasteiger partial charge is 0.269 e. The summed E-state index contributed by atoms with van der Waals surface area (Å²) in [7, 11) is 1.50. The van der Waals surface area contributed by atoms with Crippen LogP contribution in [0.25, 0.3) is 0 Å². The zero-order valence-electron chi connectivity index (χ0n) is 22.2. The van der Waals surface area contributed by atoms with Gasteiger partial charge < -0.3 is 20.1 Å². The zero-order valence-corrected chi connectivity index (χ0v) is 22.2. The lowest BCUT2D eigenvalue weighted by atomic mass is 10.0. The Morgan fingerprint density at radius 2 is 1.66 bits per heavy atom. The second kappa shape index (κ2) is 13.6. The lowest BCUT2D eigenvalue weighted by molar-refractivity contribution is -0.384. The van der Waals surface area contributed by atoms with Crippen LogP contribution in [0.5, 0.6) is 11.5 Å². The first-order valence-electron chi connectivity index (χ1n) is 12.6. The number of nitro groups is 1. The summed E-state index contributed by atoms with van der Waals surface area (Å²) in [5.74, 6) is 0.425. The maximum Gasteiger partial charge on any atom is 0.269 e. The second-order valence-corrected chi connectivity index (χ2v) is 8.97. The first kappa shape index (κ1) is 28.6. The van der Waals surface area contributed by atoms with Gasteiger partial charge in [-0.05, 0) is 65.2 Å². The molecular formula is C30H29N5O6. The number of carbonyl (C=O) groups excluding carboxylic acids is 1. The number of carbonyl (C=O) groups is 1. The number of nitro benzene ring substituents is 1. The van der Waals surface area contributed by atoms with Crippen LogP contribution in [0.2, 0.25) is 0 Å². The van der Waals surface area contributed by atoms with Crippen LogP contribution in [0.3, 0.4) is 0 Å². The van der Waals surface area contributed by atoms with Gasteiger partial charge in [-0.1, -0.05) is 36.4 Å². The standard InChI is InChI=1S/C30H29N5O6/c1-40-27-17-23(11-16-26(27)41-19-21-7-14-25(15-8-21)35(38)39)28(30(36)32-18-20-5-3-2-4-6-20)33-24-12-9-22(10-13-24)29(31)34-37/h2-17,28,33,37H,18-19H2,1H3,(H2,31,34)(H,32,36)/t28-/m0/s1. The van der Waals surface area contributed by atoms with Gasteiger partial charge >= 0.3 is 0 Å². The number of amidine groups is 1. The van der Waals surface area contributed by atoms with Crippen molar-refractivity contribution in [3.63, 3.8) is 0 Å². The van der Waals surface area contributed by atoms with Crippen molar-refractivity contribution in [2.75, 3.05) is 12.4 Å². The molecule has 0 radical (unpaired) electrons. The number of methoxy groups -OCH3 is 1. The normalized spacial score (nSPS) is 11.2. The highest BCUT2D eigenvalue weighted by atomic mass is 16.6. The van der Waals surface area contributed by atoms with Crippen molar-refractivity contribution in [1.82, 2.24) is 10.8 Å². The molecule has 11 heteroatoms. The fourth-order valence-corrected chi connectivity index (χ4v) is 4.01. The van der Waals surface area contributed by atoms with Crippen molar-refractivity contribution < 1.29 is 24.4 Å². The molecule has 0 aliphatic carbocycles. The Kier molecular flexibility index (Phi) is 9.47. The molecule has 5 N–H and O–H groups in total. The van der Waals surface area contributed by atoms with E-state index in [1.807, 2.05) is 35.8 Å². The Bertz CT molecular complexity index is 1490.